The molecule has 0 aromatic carbocycles. The molecule has 0 radical (unpaired) electrons. The molecule has 3 heterocycles. The Morgan fingerprint density at radius 1 is 1.17 bits per heavy atom. The summed E-state index contributed by atoms with van der Waals surface area (Å²) in [5.41, 5.74) is 1.85. The Bertz CT molecular complexity index is 693. The number of aryl methyl sites for hydroxylation is 2. The maximum atomic E-state index is 12.4. The van der Waals surface area contributed by atoms with Crippen molar-refractivity contribution in [3.05, 3.63) is 41.2 Å². The molecule has 1 aliphatic heterocycles. The van der Waals surface area contributed by atoms with Gasteiger partial charge in [-0.3, -0.25) is 9.59 Å². The Morgan fingerprint density at radius 3 is 2.46 bits per heavy atom. The molecule has 0 bridgehead atoms. The molecule has 2 aromatic heterocycles. The van der Waals surface area contributed by atoms with Crippen LogP contribution in [0.1, 0.15) is 34.0 Å². The molecule has 0 spiro atoms. The van der Waals surface area contributed by atoms with Crippen LogP contribution in [0.15, 0.2) is 27.3 Å². The third-order valence-corrected chi connectivity index (χ3v) is 4.42. The molecule has 128 valence electrons. The quantitative estimate of drug-likeness (QED) is 0.853. The molecule has 0 unspecified atom stereocenters. The van der Waals surface area contributed by atoms with Crippen molar-refractivity contribution in [1.29, 1.82) is 0 Å². The summed E-state index contributed by atoms with van der Waals surface area (Å²) in [5.74, 6) is 1.09. The highest BCUT2D eigenvalue weighted by atomic mass is 16.5. The Morgan fingerprint density at radius 2 is 1.88 bits per heavy atom. The summed E-state index contributed by atoms with van der Waals surface area (Å²) < 4.78 is 10.3. The minimum atomic E-state index is -0.122. The summed E-state index contributed by atoms with van der Waals surface area (Å²) in [5, 5.41) is 3.91. The van der Waals surface area contributed by atoms with Crippen LogP contribution in [0.5, 0.6) is 0 Å². The maximum absolute atomic E-state index is 12.4. The van der Waals surface area contributed by atoms with E-state index in [-0.39, 0.29) is 11.8 Å². The van der Waals surface area contributed by atoms with Gasteiger partial charge < -0.3 is 18.7 Å². The topological polar surface area (TPSA) is 79.8 Å². The molecule has 7 heteroatoms. The first-order valence-corrected chi connectivity index (χ1v) is 8.08. The van der Waals surface area contributed by atoms with E-state index in [4.69, 9.17) is 8.94 Å². The minimum Gasteiger partial charge on any atom is -0.459 e. The second-order valence-electron chi connectivity index (χ2n) is 5.95. The van der Waals surface area contributed by atoms with Gasteiger partial charge in [-0.1, -0.05) is 5.16 Å². The van der Waals surface area contributed by atoms with E-state index in [0.717, 1.165) is 17.0 Å². The molecular formula is C17H21N3O4. The molecule has 3 rings (SSSR count). The van der Waals surface area contributed by atoms with Gasteiger partial charge in [-0.05, 0) is 32.4 Å². The van der Waals surface area contributed by atoms with Crippen molar-refractivity contribution in [2.24, 2.45) is 0 Å². The summed E-state index contributed by atoms with van der Waals surface area (Å²) >= 11 is 0. The van der Waals surface area contributed by atoms with Crippen LogP contribution in [0.4, 0.5) is 0 Å². The van der Waals surface area contributed by atoms with E-state index in [1.54, 1.807) is 17.0 Å². The number of amides is 2. The summed E-state index contributed by atoms with van der Waals surface area (Å²) in [6.45, 7) is 5.89. The standard InChI is InChI=1S/C17H21N3O4/c1-12-14(13(2)24-18-12)5-6-16(21)19-7-9-20(10-8-19)17(22)15-4-3-11-23-15/h3-4,11H,5-10H2,1-2H3. The number of rotatable bonds is 4. The van der Waals surface area contributed by atoms with Gasteiger partial charge in [0.05, 0.1) is 12.0 Å². The highest BCUT2D eigenvalue weighted by Gasteiger charge is 2.26. The number of carbonyl (C=O) groups excluding carboxylic acids is 2. The van der Waals surface area contributed by atoms with E-state index >= 15 is 0 Å². The van der Waals surface area contributed by atoms with E-state index in [9.17, 15) is 9.59 Å². The van der Waals surface area contributed by atoms with Gasteiger partial charge in [0.2, 0.25) is 5.91 Å². The van der Waals surface area contributed by atoms with Crippen molar-refractivity contribution in [1.82, 2.24) is 15.0 Å². The zero-order valence-corrected chi connectivity index (χ0v) is 13.9. The Kier molecular flexibility index (Phi) is 4.69. The monoisotopic (exact) mass is 331 g/mol. The Labute approximate surface area is 140 Å². The lowest BCUT2D eigenvalue weighted by atomic mass is 10.1. The van der Waals surface area contributed by atoms with Gasteiger partial charge in [0.1, 0.15) is 5.76 Å². The minimum absolute atomic E-state index is 0.0973. The van der Waals surface area contributed by atoms with Crippen LogP contribution >= 0.6 is 0 Å². The van der Waals surface area contributed by atoms with Crippen molar-refractivity contribution < 1.29 is 18.5 Å². The van der Waals surface area contributed by atoms with Gasteiger partial charge in [-0.25, -0.2) is 0 Å². The van der Waals surface area contributed by atoms with E-state index in [1.807, 2.05) is 18.7 Å². The van der Waals surface area contributed by atoms with E-state index < -0.39 is 0 Å². The molecule has 1 fully saturated rings. The molecule has 1 aliphatic rings. The zero-order chi connectivity index (χ0) is 17.1. The fraction of sp³-hybridized carbons (Fsp3) is 0.471. The molecular weight excluding hydrogens is 310 g/mol. The van der Waals surface area contributed by atoms with Crippen LogP contribution in [0, 0.1) is 13.8 Å². The van der Waals surface area contributed by atoms with Gasteiger partial charge in [-0.15, -0.1) is 0 Å². The summed E-state index contributed by atoms with van der Waals surface area (Å²) in [6.07, 6.45) is 2.54. The highest BCUT2D eigenvalue weighted by Crippen LogP contribution is 2.16. The molecule has 2 aromatic rings. The summed E-state index contributed by atoms with van der Waals surface area (Å²) in [6, 6.07) is 3.35. The van der Waals surface area contributed by atoms with Gasteiger partial charge >= 0.3 is 0 Å². The lowest BCUT2D eigenvalue weighted by Gasteiger charge is -2.34. The molecule has 2 amide bonds. The first-order chi connectivity index (χ1) is 11.6. The smallest absolute Gasteiger partial charge is 0.289 e. The molecule has 0 atom stereocenters. The number of aromatic nitrogens is 1. The number of nitrogens with zero attached hydrogens (tertiary/aromatic N) is 3. The van der Waals surface area contributed by atoms with E-state index in [2.05, 4.69) is 5.16 Å². The molecule has 0 aliphatic carbocycles. The Balaban J connectivity index is 1.49. The molecule has 24 heavy (non-hydrogen) atoms. The van der Waals surface area contributed by atoms with E-state index in [0.29, 0.717) is 44.8 Å². The number of hydrogen-bond donors (Lipinski definition) is 0. The normalized spacial score (nSPS) is 14.9. The van der Waals surface area contributed by atoms with Gasteiger partial charge in [0.25, 0.3) is 5.91 Å². The van der Waals surface area contributed by atoms with Gasteiger partial charge in [0.15, 0.2) is 5.76 Å². The molecule has 7 nitrogen and oxygen atoms in total. The zero-order valence-electron chi connectivity index (χ0n) is 13.9. The fourth-order valence-electron chi connectivity index (χ4n) is 2.96. The second kappa shape index (κ2) is 6.90. The van der Waals surface area contributed by atoms with Crippen LogP contribution in [0.25, 0.3) is 0 Å². The average molecular weight is 331 g/mol. The van der Waals surface area contributed by atoms with E-state index in [1.165, 1.54) is 6.26 Å². The first kappa shape index (κ1) is 16.3. The third-order valence-electron chi connectivity index (χ3n) is 4.42. The number of hydrogen-bond acceptors (Lipinski definition) is 5. The number of carbonyl (C=O) groups is 2. The number of furan rings is 1. The van der Waals surface area contributed by atoms with Crippen LogP contribution in [-0.4, -0.2) is 52.9 Å². The second-order valence-corrected chi connectivity index (χ2v) is 5.95. The summed E-state index contributed by atoms with van der Waals surface area (Å²) in [4.78, 5) is 28.1. The average Bonchev–Trinajstić information content (AvgIpc) is 3.23. The van der Waals surface area contributed by atoms with Gasteiger partial charge in [0, 0.05) is 38.2 Å². The highest BCUT2D eigenvalue weighted by molar-refractivity contribution is 5.91. The molecule has 0 saturated carbocycles. The van der Waals surface area contributed by atoms with Crippen molar-refractivity contribution in [3.8, 4) is 0 Å². The fourth-order valence-corrected chi connectivity index (χ4v) is 2.96. The molecule has 1 saturated heterocycles. The first-order valence-electron chi connectivity index (χ1n) is 8.08. The predicted molar refractivity (Wildman–Crippen MR) is 85.5 cm³/mol. The SMILES string of the molecule is Cc1noc(C)c1CCC(=O)N1CCN(C(=O)c2ccco2)CC1. The lowest BCUT2D eigenvalue weighted by Crippen LogP contribution is -2.50. The predicted octanol–water partition coefficient (Wildman–Crippen LogP) is 1.80. The van der Waals surface area contributed by atoms with Gasteiger partial charge in [-0.2, -0.15) is 0 Å². The Hall–Kier alpha value is -2.57. The molecule has 0 N–H and O–H groups in total. The van der Waals surface area contributed by atoms with Crippen LogP contribution in [0.2, 0.25) is 0 Å². The third kappa shape index (κ3) is 3.34. The lowest BCUT2D eigenvalue weighted by molar-refractivity contribution is -0.132. The van der Waals surface area contributed by atoms with Crippen molar-refractivity contribution in [3.63, 3.8) is 0 Å². The van der Waals surface area contributed by atoms with Crippen molar-refractivity contribution >= 4 is 11.8 Å². The van der Waals surface area contributed by atoms with Crippen molar-refractivity contribution in [2.75, 3.05) is 26.2 Å². The van der Waals surface area contributed by atoms with Crippen LogP contribution < -0.4 is 0 Å². The largest absolute Gasteiger partial charge is 0.459 e. The maximum Gasteiger partial charge on any atom is 0.289 e. The van der Waals surface area contributed by atoms with Crippen LogP contribution in [-0.2, 0) is 11.2 Å². The number of piperazine rings is 1. The van der Waals surface area contributed by atoms with Crippen molar-refractivity contribution in [2.45, 2.75) is 26.7 Å². The summed E-state index contributed by atoms with van der Waals surface area (Å²) in [7, 11) is 0. The van der Waals surface area contributed by atoms with Crippen LogP contribution in [0.3, 0.4) is 0 Å².